The van der Waals surface area contributed by atoms with Crippen LogP contribution in [0.15, 0.2) is 78.9 Å². The van der Waals surface area contributed by atoms with Gasteiger partial charge < -0.3 is 10.2 Å². The van der Waals surface area contributed by atoms with Gasteiger partial charge in [0.1, 0.15) is 11.9 Å². The SMILES string of the molecule is CC(C)(C)NC(=O)[C@H](Cc1ccccc1)N(Cc1ccc(Cl)cc1)C(=O)CSCc1ccccc1F. The first-order valence-electron chi connectivity index (χ1n) is 11.8. The predicted octanol–water partition coefficient (Wildman–Crippen LogP) is 6.27. The van der Waals surface area contributed by atoms with Crippen molar-refractivity contribution >= 4 is 35.2 Å². The Morgan fingerprint density at radius 2 is 1.58 bits per heavy atom. The van der Waals surface area contributed by atoms with Crippen LogP contribution in [-0.4, -0.2) is 34.0 Å². The largest absolute Gasteiger partial charge is 0.350 e. The van der Waals surface area contributed by atoms with Gasteiger partial charge in [-0.3, -0.25) is 9.59 Å². The molecule has 0 unspecified atom stereocenters. The maximum Gasteiger partial charge on any atom is 0.243 e. The highest BCUT2D eigenvalue weighted by atomic mass is 35.5. The van der Waals surface area contributed by atoms with Gasteiger partial charge in [-0.15, -0.1) is 11.8 Å². The van der Waals surface area contributed by atoms with Crippen LogP contribution in [0.3, 0.4) is 0 Å². The van der Waals surface area contributed by atoms with Gasteiger partial charge in [-0.25, -0.2) is 4.39 Å². The van der Waals surface area contributed by atoms with E-state index in [1.807, 2.05) is 63.2 Å². The Morgan fingerprint density at radius 3 is 2.22 bits per heavy atom. The summed E-state index contributed by atoms with van der Waals surface area (Å²) >= 11 is 7.40. The molecule has 36 heavy (non-hydrogen) atoms. The number of rotatable bonds is 10. The maximum atomic E-state index is 14.1. The normalized spacial score (nSPS) is 12.1. The number of carbonyl (C=O) groups is 2. The Bertz CT molecular complexity index is 1150. The molecule has 3 aromatic carbocycles. The summed E-state index contributed by atoms with van der Waals surface area (Å²) in [5.74, 6) is -0.202. The molecule has 3 aromatic rings. The van der Waals surface area contributed by atoms with Gasteiger partial charge in [0.2, 0.25) is 11.8 Å². The highest BCUT2D eigenvalue weighted by Gasteiger charge is 2.32. The molecule has 7 heteroatoms. The Hall–Kier alpha value is -2.83. The lowest BCUT2D eigenvalue weighted by Crippen LogP contribution is -2.54. The molecule has 0 aliphatic heterocycles. The van der Waals surface area contributed by atoms with E-state index in [1.165, 1.54) is 17.8 Å². The molecule has 0 saturated carbocycles. The lowest BCUT2D eigenvalue weighted by atomic mass is 10.0. The van der Waals surface area contributed by atoms with Gasteiger partial charge in [-0.1, -0.05) is 72.3 Å². The van der Waals surface area contributed by atoms with Gasteiger partial charge in [0.05, 0.1) is 5.75 Å². The fourth-order valence-corrected chi connectivity index (χ4v) is 4.76. The van der Waals surface area contributed by atoms with Crippen molar-refractivity contribution in [1.29, 1.82) is 0 Å². The third-order valence-corrected chi connectivity index (χ3v) is 6.69. The summed E-state index contributed by atoms with van der Waals surface area (Å²) in [6.45, 7) is 6.01. The fraction of sp³-hybridized carbons (Fsp3) is 0.310. The van der Waals surface area contributed by atoms with E-state index >= 15 is 0 Å². The van der Waals surface area contributed by atoms with Crippen LogP contribution in [0.2, 0.25) is 5.02 Å². The summed E-state index contributed by atoms with van der Waals surface area (Å²) < 4.78 is 14.1. The summed E-state index contributed by atoms with van der Waals surface area (Å²) in [7, 11) is 0. The number of halogens is 2. The summed E-state index contributed by atoms with van der Waals surface area (Å²) in [5.41, 5.74) is 1.92. The van der Waals surface area contributed by atoms with Crippen LogP contribution >= 0.6 is 23.4 Å². The number of carbonyl (C=O) groups excluding carboxylic acids is 2. The Morgan fingerprint density at radius 1 is 0.944 bits per heavy atom. The van der Waals surface area contributed by atoms with Gasteiger partial charge >= 0.3 is 0 Å². The fourth-order valence-electron chi connectivity index (χ4n) is 3.74. The average Bonchev–Trinajstić information content (AvgIpc) is 2.83. The van der Waals surface area contributed by atoms with Crippen molar-refractivity contribution in [2.24, 2.45) is 0 Å². The topological polar surface area (TPSA) is 49.4 Å². The summed E-state index contributed by atoms with van der Waals surface area (Å²) in [6, 6.07) is 22.8. The second-order valence-corrected chi connectivity index (χ2v) is 11.1. The number of benzene rings is 3. The summed E-state index contributed by atoms with van der Waals surface area (Å²) in [4.78, 5) is 28.7. The maximum absolute atomic E-state index is 14.1. The van der Waals surface area contributed by atoms with Crippen molar-refractivity contribution in [3.8, 4) is 0 Å². The first kappa shape index (κ1) is 27.8. The van der Waals surface area contributed by atoms with Gasteiger partial charge in [0.25, 0.3) is 0 Å². The van der Waals surface area contributed by atoms with Crippen LogP contribution in [0.1, 0.15) is 37.5 Å². The van der Waals surface area contributed by atoms with Crippen LogP contribution in [0.25, 0.3) is 0 Å². The van der Waals surface area contributed by atoms with Crippen molar-refractivity contribution in [2.45, 2.75) is 51.1 Å². The van der Waals surface area contributed by atoms with E-state index in [-0.39, 0.29) is 29.9 Å². The van der Waals surface area contributed by atoms with Crippen LogP contribution in [0, 0.1) is 5.82 Å². The first-order valence-corrected chi connectivity index (χ1v) is 13.4. The molecule has 0 bridgehead atoms. The highest BCUT2D eigenvalue weighted by molar-refractivity contribution is 7.99. The highest BCUT2D eigenvalue weighted by Crippen LogP contribution is 2.21. The number of nitrogens with one attached hydrogen (secondary N) is 1. The minimum atomic E-state index is -0.719. The Labute approximate surface area is 222 Å². The third kappa shape index (κ3) is 8.68. The van der Waals surface area contributed by atoms with Crippen LogP contribution in [0.5, 0.6) is 0 Å². The molecule has 1 atom stereocenters. The van der Waals surface area contributed by atoms with Crippen molar-refractivity contribution in [3.05, 3.63) is 106 Å². The minimum absolute atomic E-state index is 0.121. The number of hydrogen-bond acceptors (Lipinski definition) is 3. The zero-order valence-electron chi connectivity index (χ0n) is 20.8. The van der Waals surface area contributed by atoms with Gasteiger partial charge in [0, 0.05) is 29.3 Å². The third-order valence-electron chi connectivity index (χ3n) is 5.48. The van der Waals surface area contributed by atoms with E-state index in [0.717, 1.165) is 11.1 Å². The summed E-state index contributed by atoms with van der Waals surface area (Å²) in [6.07, 6.45) is 0.375. The van der Waals surface area contributed by atoms with Gasteiger partial charge in [0.15, 0.2) is 0 Å². The first-order chi connectivity index (χ1) is 17.1. The molecule has 0 radical (unpaired) electrons. The molecular weight excluding hydrogens is 495 g/mol. The van der Waals surface area contributed by atoms with E-state index in [0.29, 0.717) is 22.8 Å². The van der Waals surface area contributed by atoms with Gasteiger partial charge in [-0.2, -0.15) is 0 Å². The van der Waals surface area contributed by atoms with Crippen molar-refractivity contribution in [2.75, 3.05) is 5.75 Å². The predicted molar refractivity (Wildman–Crippen MR) is 146 cm³/mol. The summed E-state index contributed by atoms with van der Waals surface area (Å²) in [5, 5.41) is 3.65. The van der Waals surface area contributed by atoms with Gasteiger partial charge in [-0.05, 0) is 55.7 Å². The van der Waals surface area contributed by atoms with Crippen molar-refractivity contribution < 1.29 is 14.0 Å². The van der Waals surface area contributed by atoms with E-state index in [9.17, 15) is 14.0 Å². The number of hydrogen-bond donors (Lipinski definition) is 1. The smallest absolute Gasteiger partial charge is 0.243 e. The van der Waals surface area contributed by atoms with E-state index in [1.54, 1.807) is 35.2 Å². The Balaban J connectivity index is 1.87. The second kappa shape index (κ2) is 12.9. The van der Waals surface area contributed by atoms with Crippen LogP contribution in [-0.2, 0) is 28.3 Å². The van der Waals surface area contributed by atoms with E-state index in [2.05, 4.69) is 5.32 Å². The molecular formula is C29H32ClFN2O2S. The van der Waals surface area contributed by atoms with E-state index in [4.69, 9.17) is 11.6 Å². The molecule has 190 valence electrons. The molecule has 3 rings (SSSR count). The van der Waals surface area contributed by atoms with Crippen molar-refractivity contribution in [1.82, 2.24) is 10.2 Å². The molecule has 0 aliphatic rings. The molecule has 0 heterocycles. The lowest BCUT2D eigenvalue weighted by molar-refractivity contribution is -0.140. The van der Waals surface area contributed by atoms with Crippen LogP contribution in [0.4, 0.5) is 4.39 Å². The molecule has 4 nitrogen and oxygen atoms in total. The number of amides is 2. The number of nitrogens with zero attached hydrogens (tertiary/aromatic N) is 1. The number of thioether (sulfide) groups is 1. The monoisotopic (exact) mass is 526 g/mol. The minimum Gasteiger partial charge on any atom is -0.350 e. The second-order valence-electron chi connectivity index (χ2n) is 9.68. The molecule has 0 aromatic heterocycles. The quantitative estimate of drug-likeness (QED) is 0.339. The van der Waals surface area contributed by atoms with Crippen molar-refractivity contribution in [3.63, 3.8) is 0 Å². The molecule has 0 saturated heterocycles. The lowest BCUT2D eigenvalue weighted by Gasteiger charge is -2.34. The molecule has 0 fully saturated rings. The standard InChI is InChI=1S/C29H32ClFN2O2S/c1-29(2,3)32-28(35)26(17-21-9-5-4-6-10-21)33(18-22-13-15-24(30)16-14-22)27(34)20-36-19-23-11-7-8-12-25(23)31/h4-16,26H,17-20H2,1-3H3,(H,32,35)/t26-/m0/s1. The molecule has 0 aliphatic carbocycles. The zero-order valence-corrected chi connectivity index (χ0v) is 22.4. The Kier molecular flexibility index (Phi) is 9.97. The molecule has 0 spiro atoms. The van der Waals surface area contributed by atoms with E-state index < -0.39 is 11.6 Å². The molecule has 1 N–H and O–H groups in total. The van der Waals surface area contributed by atoms with Crippen LogP contribution < -0.4 is 5.32 Å². The average molecular weight is 527 g/mol. The zero-order chi connectivity index (χ0) is 26.1. The molecule has 2 amide bonds.